The summed E-state index contributed by atoms with van der Waals surface area (Å²) in [7, 11) is -3.27. The maximum Gasteiger partial charge on any atom is 0.260 e. The van der Waals surface area contributed by atoms with E-state index in [1.165, 1.54) is 4.90 Å². The molecule has 6 heteroatoms. The average Bonchev–Trinajstić information content (AvgIpc) is 2.48. The molecule has 0 bridgehead atoms. The number of carbonyl (C=O) groups excluding carboxylic acids is 2. The predicted molar refractivity (Wildman–Crippen MR) is 93.7 cm³/mol. The lowest BCUT2D eigenvalue weighted by molar-refractivity contribution is -0.134. The van der Waals surface area contributed by atoms with Crippen LogP contribution in [0.25, 0.3) is 0 Å². The van der Waals surface area contributed by atoms with Crippen molar-refractivity contribution >= 4 is 21.7 Å². The minimum Gasteiger partial charge on any atom is -0.278 e. The molecule has 1 aliphatic heterocycles. The van der Waals surface area contributed by atoms with Gasteiger partial charge in [-0.15, -0.1) is 0 Å². The highest BCUT2D eigenvalue weighted by Crippen LogP contribution is 2.34. The second kappa shape index (κ2) is 5.99. The van der Waals surface area contributed by atoms with Gasteiger partial charge in [0.1, 0.15) is 0 Å². The second-order valence-electron chi connectivity index (χ2n) is 7.72. The fraction of sp³-hybridized carbons (Fsp3) is 0.556. The van der Waals surface area contributed by atoms with Crippen LogP contribution in [0.4, 0.5) is 0 Å². The minimum absolute atomic E-state index is 0.0460. The van der Waals surface area contributed by atoms with Crippen LogP contribution in [0.3, 0.4) is 0 Å². The smallest absolute Gasteiger partial charge is 0.260 e. The molecule has 0 spiro atoms. The summed E-state index contributed by atoms with van der Waals surface area (Å²) in [6.07, 6.45) is 0.245. The Balaban J connectivity index is 2.21. The summed E-state index contributed by atoms with van der Waals surface area (Å²) in [6.45, 7) is 8.65. The van der Waals surface area contributed by atoms with Crippen LogP contribution in [0.2, 0.25) is 0 Å². The molecule has 1 aromatic carbocycles. The molecule has 0 radical (unpaired) electrons. The van der Waals surface area contributed by atoms with Crippen LogP contribution in [-0.2, 0) is 20.0 Å². The summed E-state index contributed by atoms with van der Waals surface area (Å²) in [6, 6.07) is 7.09. The summed E-state index contributed by atoms with van der Waals surface area (Å²) < 4.78 is 23.5. The number of rotatable bonds is 4. The Hall–Kier alpha value is -1.69. The van der Waals surface area contributed by atoms with Gasteiger partial charge in [0, 0.05) is 12.1 Å². The van der Waals surface area contributed by atoms with Gasteiger partial charge in [-0.2, -0.15) is 0 Å². The van der Waals surface area contributed by atoms with Crippen molar-refractivity contribution in [3.8, 4) is 0 Å². The number of carbonyl (C=O) groups is 2. The lowest BCUT2D eigenvalue weighted by Crippen LogP contribution is -2.52. The van der Waals surface area contributed by atoms with Crippen molar-refractivity contribution in [2.75, 3.05) is 12.3 Å². The van der Waals surface area contributed by atoms with Gasteiger partial charge in [-0.1, -0.05) is 18.2 Å². The molecule has 2 rings (SSSR count). The van der Waals surface area contributed by atoms with Gasteiger partial charge < -0.3 is 0 Å². The normalized spacial score (nSPS) is 17.8. The number of benzene rings is 1. The molecule has 0 atom stereocenters. The maximum absolute atomic E-state index is 12.7. The number of nitrogens with zero attached hydrogens (tertiary/aromatic N) is 1. The van der Waals surface area contributed by atoms with Gasteiger partial charge in [-0.05, 0) is 52.7 Å². The number of hydrogen-bond acceptors (Lipinski definition) is 4. The Morgan fingerprint density at radius 1 is 1.08 bits per heavy atom. The van der Waals surface area contributed by atoms with Crippen LogP contribution >= 0.6 is 0 Å². The lowest BCUT2D eigenvalue weighted by atomic mass is 9.77. The standard InChI is InChI=1S/C18H25NO4S/c1-17(2,3)24(22,23)12-8-11-19-15(20)13-9-6-7-10-14(13)18(4,5)16(19)21/h6-7,9-10H,8,11-12H2,1-5H3. The zero-order chi connectivity index (χ0) is 18.3. The maximum atomic E-state index is 12.7. The van der Waals surface area contributed by atoms with E-state index in [2.05, 4.69) is 0 Å². The van der Waals surface area contributed by atoms with Gasteiger partial charge in [0.15, 0.2) is 9.84 Å². The van der Waals surface area contributed by atoms with Gasteiger partial charge >= 0.3 is 0 Å². The number of amides is 2. The largest absolute Gasteiger partial charge is 0.278 e. The Kier molecular flexibility index (Phi) is 4.65. The Morgan fingerprint density at radius 2 is 1.67 bits per heavy atom. The fourth-order valence-corrected chi connectivity index (χ4v) is 3.95. The molecule has 132 valence electrons. The van der Waals surface area contributed by atoms with Crippen LogP contribution in [0.5, 0.6) is 0 Å². The van der Waals surface area contributed by atoms with Crippen LogP contribution < -0.4 is 0 Å². The first-order valence-corrected chi connectivity index (χ1v) is 9.73. The highest BCUT2D eigenvalue weighted by atomic mass is 32.2. The molecule has 0 saturated carbocycles. The highest BCUT2D eigenvalue weighted by molar-refractivity contribution is 7.92. The third kappa shape index (κ3) is 3.11. The molecule has 1 heterocycles. The first-order valence-electron chi connectivity index (χ1n) is 8.08. The van der Waals surface area contributed by atoms with Crippen molar-refractivity contribution in [2.45, 2.75) is 51.2 Å². The molecule has 24 heavy (non-hydrogen) atoms. The minimum atomic E-state index is -3.27. The van der Waals surface area contributed by atoms with Crippen molar-refractivity contribution in [2.24, 2.45) is 0 Å². The zero-order valence-electron chi connectivity index (χ0n) is 14.9. The SMILES string of the molecule is CC1(C)C(=O)N(CCCS(=O)(=O)C(C)(C)C)C(=O)c2ccccc21. The Labute approximate surface area is 144 Å². The first kappa shape index (κ1) is 18.6. The summed E-state index contributed by atoms with van der Waals surface area (Å²) in [5, 5.41) is 0. The number of hydrogen-bond donors (Lipinski definition) is 0. The van der Waals surface area contributed by atoms with E-state index in [1.54, 1.807) is 52.8 Å². The third-order valence-corrected chi connectivity index (χ3v) is 7.28. The quantitative estimate of drug-likeness (QED) is 0.782. The van der Waals surface area contributed by atoms with Gasteiger partial charge in [0.2, 0.25) is 5.91 Å². The Morgan fingerprint density at radius 3 is 2.25 bits per heavy atom. The number of fused-ring (bicyclic) bond motifs is 1. The van der Waals surface area contributed by atoms with Gasteiger partial charge in [-0.3, -0.25) is 14.5 Å². The zero-order valence-corrected chi connectivity index (χ0v) is 15.7. The van der Waals surface area contributed by atoms with E-state index in [-0.39, 0.29) is 30.5 Å². The van der Waals surface area contributed by atoms with E-state index in [0.29, 0.717) is 5.56 Å². The summed E-state index contributed by atoms with van der Waals surface area (Å²) in [4.78, 5) is 26.5. The molecular weight excluding hydrogens is 326 g/mol. The van der Waals surface area contributed by atoms with Crippen molar-refractivity contribution in [1.29, 1.82) is 0 Å². The van der Waals surface area contributed by atoms with Crippen LogP contribution in [0.15, 0.2) is 24.3 Å². The second-order valence-corrected chi connectivity index (χ2v) is 10.6. The van der Waals surface area contributed by atoms with E-state index >= 15 is 0 Å². The summed E-state index contributed by atoms with van der Waals surface area (Å²) >= 11 is 0. The molecular formula is C18H25NO4S. The van der Waals surface area contributed by atoms with E-state index in [9.17, 15) is 18.0 Å². The van der Waals surface area contributed by atoms with Gasteiger partial charge in [0.25, 0.3) is 5.91 Å². The van der Waals surface area contributed by atoms with Crippen molar-refractivity contribution < 1.29 is 18.0 Å². The molecule has 5 nitrogen and oxygen atoms in total. The van der Waals surface area contributed by atoms with E-state index < -0.39 is 20.0 Å². The monoisotopic (exact) mass is 351 g/mol. The van der Waals surface area contributed by atoms with E-state index in [1.807, 2.05) is 6.07 Å². The average molecular weight is 351 g/mol. The van der Waals surface area contributed by atoms with Gasteiger partial charge in [-0.25, -0.2) is 8.42 Å². The van der Waals surface area contributed by atoms with Crippen molar-refractivity contribution in [3.05, 3.63) is 35.4 Å². The molecule has 1 aliphatic rings. The van der Waals surface area contributed by atoms with Crippen LogP contribution in [-0.4, -0.2) is 42.2 Å². The highest BCUT2D eigenvalue weighted by Gasteiger charge is 2.44. The van der Waals surface area contributed by atoms with Crippen LogP contribution in [0.1, 0.15) is 57.0 Å². The molecule has 1 aromatic rings. The Bertz CT molecular complexity index is 772. The first-order chi connectivity index (χ1) is 10.9. The molecule has 2 amide bonds. The lowest BCUT2D eigenvalue weighted by Gasteiger charge is -2.37. The summed E-state index contributed by atoms with van der Waals surface area (Å²) in [5.74, 6) is -0.669. The molecule has 0 saturated heterocycles. The topological polar surface area (TPSA) is 71.5 Å². The molecule has 0 aromatic heterocycles. The number of sulfone groups is 1. The third-order valence-electron chi connectivity index (χ3n) is 4.58. The van der Waals surface area contributed by atoms with Crippen LogP contribution in [0, 0.1) is 0 Å². The fourth-order valence-electron chi connectivity index (χ4n) is 2.83. The molecule has 0 fully saturated rings. The van der Waals surface area contributed by atoms with Crippen molar-refractivity contribution in [1.82, 2.24) is 4.90 Å². The van der Waals surface area contributed by atoms with Gasteiger partial charge in [0.05, 0.1) is 15.9 Å². The number of imide groups is 1. The predicted octanol–water partition coefficient (Wildman–Crippen LogP) is 2.55. The van der Waals surface area contributed by atoms with E-state index in [4.69, 9.17) is 0 Å². The summed E-state index contributed by atoms with van der Waals surface area (Å²) in [5.41, 5.74) is 0.437. The van der Waals surface area contributed by atoms with Crippen molar-refractivity contribution in [3.63, 3.8) is 0 Å². The van der Waals surface area contributed by atoms with E-state index in [0.717, 1.165) is 5.56 Å². The molecule has 0 N–H and O–H groups in total. The molecule has 0 unspecified atom stereocenters. The molecule has 0 aliphatic carbocycles.